The predicted molar refractivity (Wildman–Crippen MR) is 138 cm³/mol. The van der Waals surface area contributed by atoms with Gasteiger partial charge < -0.3 is 28.3 Å². The van der Waals surface area contributed by atoms with E-state index in [1.54, 1.807) is 26.5 Å². The summed E-state index contributed by atoms with van der Waals surface area (Å²) in [5, 5.41) is 0.635. The zero-order valence-electron chi connectivity index (χ0n) is 21.1. The standard InChI is InChI=1S/C27H34ClN3O5/c1-21-29-9-10-31(21)12-14-35-26-15-22(7-8-25(26)32-2)17-30-11-13-34-19-27(18-30,33-3)20-36-24-6-4-5-23(28)16-24/h4-10,15-16H,11-14,17-20H2,1-3H3/t27-/m0/s1. The van der Waals surface area contributed by atoms with Gasteiger partial charge in [-0.1, -0.05) is 23.7 Å². The van der Waals surface area contributed by atoms with Gasteiger partial charge in [0.25, 0.3) is 0 Å². The first-order valence-corrected chi connectivity index (χ1v) is 12.4. The minimum absolute atomic E-state index is 0.352. The Hall–Kier alpha value is -2.78. The second-order valence-electron chi connectivity index (χ2n) is 8.90. The fourth-order valence-electron chi connectivity index (χ4n) is 4.24. The van der Waals surface area contributed by atoms with Crippen LogP contribution >= 0.6 is 11.6 Å². The van der Waals surface area contributed by atoms with Gasteiger partial charge in [0.15, 0.2) is 11.5 Å². The monoisotopic (exact) mass is 515 g/mol. The minimum atomic E-state index is -0.604. The third kappa shape index (κ3) is 6.91. The molecule has 0 unspecified atom stereocenters. The Bertz CT molecular complexity index is 1120. The highest BCUT2D eigenvalue weighted by atomic mass is 35.5. The van der Waals surface area contributed by atoms with Gasteiger partial charge in [-0.25, -0.2) is 4.98 Å². The molecule has 36 heavy (non-hydrogen) atoms. The molecule has 4 rings (SSSR count). The highest BCUT2D eigenvalue weighted by molar-refractivity contribution is 6.30. The van der Waals surface area contributed by atoms with E-state index in [0.717, 1.165) is 23.7 Å². The fourth-order valence-corrected chi connectivity index (χ4v) is 4.43. The Balaban J connectivity index is 1.41. The summed E-state index contributed by atoms with van der Waals surface area (Å²) in [4.78, 5) is 6.58. The summed E-state index contributed by atoms with van der Waals surface area (Å²) in [6.45, 7) is 6.78. The van der Waals surface area contributed by atoms with Crippen molar-refractivity contribution in [1.29, 1.82) is 0 Å². The van der Waals surface area contributed by atoms with Crippen molar-refractivity contribution < 1.29 is 23.7 Å². The normalized spacial score (nSPS) is 18.6. The van der Waals surface area contributed by atoms with Crippen molar-refractivity contribution >= 4 is 11.6 Å². The number of hydrogen-bond donors (Lipinski definition) is 0. The number of benzene rings is 2. The molecule has 0 bridgehead atoms. The highest BCUT2D eigenvalue weighted by Crippen LogP contribution is 2.29. The summed E-state index contributed by atoms with van der Waals surface area (Å²) < 4.78 is 31.6. The molecule has 1 saturated heterocycles. The number of rotatable bonds is 11. The molecule has 9 heteroatoms. The van der Waals surface area contributed by atoms with Crippen molar-refractivity contribution in [1.82, 2.24) is 14.5 Å². The van der Waals surface area contributed by atoms with Gasteiger partial charge in [-0.2, -0.15) is 0 Å². The first kappa shape index (κ1) is 26.3. The third-order valence-corrected chi connectivity index (χ3v) is 6.54. The van der Waals surface area contributed by atoms with Crippen molar-refractivity contribution in [3.8, 4) is 17.2 Å². The molecule has 0 amide bonds. The average molecular weight is 516 g/mol. The van der Waals surface area contributed by atoms with Gasteiger partial charge in [0.2, 0.25) is 0 Å². The number of hydrogen-bond acceptors (Lipinski definition) is 7. The van der Waals surface area contributed by atoms with Crippen LogP contribution in [0.15, 0.2) is 54.9 Å². The van der Waals surface area contributed by atoms with Crippen LogP contribution in [0.5, 0.6) is 17.2 Å². The van der Waals surface area contributed by atoms with Crippen LogP contribution in [0.3, 0.4) is 0 Å². The molecule has 1 aliphatic heterocycles. The van der Waals surface area contributed by atoms with Crippen LogP contribution in [0.4, 0.5) is 0 Å². The first-order chi connectivity index (χ1) is 17.5. The van der Waals surface area contributed by atoms with E-state index in [1.807, 2.05) is 43.5 Å². The minimum Gasteiger partial charge on any atom is -0.493 e. The molecule has 0 radical (unpaired) electrons. The largest absolute Gasteiger partial charge is 0.493 e. The number of halogens is 1. The summed E-state index contributed by atoms with van der Waals surface area (Å²) in [6, 6.07) is 13.4. The van der Waals surface area contributed by atoms with Crippen LogP contribution in [0.2, 0.25) is 5.02 Å². The number of aromatic nitrogens is 2. The van der Waals surface area contributed by atoms with Crippen molar-refractivity contribution in [2.45, 2.75) is 25.6 Å². The Morgan fingerprint density at radius 1 is 1.11 bits per heavy atom. The van der Waals surface area contributed by atoms with Crippen LogP contribution in [-0.2, 0) is 22.6 Å². The summed E-state index contributed by atoms with van der Waals surface area (Å²) in [5.41, 5.74) is 0.514. The molecule has 0 spiro atoms. The van der Waals surface area contributed by atoms with Crippen LogP contribution in [0.1, 0.15) is 11.4 Å². The van der Waals surface area contributed by atoms with Gasteiger partial charge >= 0.3 is 0 Å². The van der Waals surface area contributed by atoms with E-state index < -0.39 is 5.60 Å². The van der Waals surface area contributed by atoms with Crippen molar-refractivity contribution in [2.24, 2.45) is 0 Å². The Morgan fingerprint density at radius 3 is 2.75 bits per heavy atom. The maximum absolute atomic E-state index is 6.11. The third-order valence-electron chi connectivity index (χ3n) is 6.31. The van der Waals surface area contributed by atoms with E-state index in [2.05, 4.69) is 20.5 Å². The van der Waals surface area contributed by atoms with Crippen LogP contribution in [0.25, 0.3) is 0 Å². The summed E-state index contributed by atoms with van der Waals surface area (Å²) in [5.74, 6) is 3.10. The second-order valence-corrected chi connectivity index (χ2v) is 9.33. The molecule has 194 valence electrons. The number of methoxy groups -OCH3 is 2. The van der Waals surface area contributed by atoms with E-state index in [1.165, 1.54) is 0 Å². The Morgan fingerprint density at radius 2 is 2.00 bits per heavy atom. The highest BCUT2D eigenvalue weighted by Gasteiger charge is 2.36. The Labute approximate surface area is 217 Å². The number of imidazole rings is 1. The van der Waals surface area contributed by atoms with Gasteiger partial charge in [0.1, 0.15) is 30.4 Å². The molecule has 8 nitrogen and oxygen atoms in total. The first-order valence-electron chi connectivity index (χ1n) is 12.0. The van der Waals surface area contributed by atoms with Crippen LogP contribution in [-0.4, -0.2) is 73.8 Å². The van der Waals surface area contributed by atoms with Crippen molar-refractivity contribution in [3.05, 3.63) is 71.3 Å². The molecule has 1 aliphatic rings. The molecule has 0 aliphatic carbocycles. The lowest BCUT2D eigenvalue weighted by atomic mass is 10.1. The quantitative estimate of drug-likeness (QED) is 0.378. The number of nitrogens with zero attached hydrogens (tertiary/aromatic N) is 3. The van der Waals surface area contributed by atoms with E-state index in [9.17, 15) is 0 Å². The summed E-state index contributed by atoms with van der Waals surface area (Å²) in [6.07, 6.45) is 3.74. The molecule has 2 aromatic carbocycles. The molecule has 1 atom stereocenters. The summed E-state index contributed by atoms with van der Waals surface area (Å²) in [7, 11) is 3.36. The molecule has 0 N–H and O–H groups in total. The molecule has 1 aromatic heterocycles. The van der Waals surface area contributed by atoms with Crippen LogP contribution < -0.4 is 14.2 Å². The van der Waals surface area contributed by atoms with E-state index in [4.69, 9.17) is 35.3 Å². The number of aryl methyl sites for hydroxylation is 1. The lowest BCUT2D eigenvalue weighted by Crippen LogP contribution is -2.50. The van der Waals surface area contributed by atoms with Gasteiger partial charge in [0.05, 0.1) is 26.9 Å². The second kappa shape index (κ2) is 12.5. The molecule has 0 saturated carbocycles. The van der Waals surface area contributed by atoms with Gasteiger partial charge in [-0.15, -0.1) is 0 Å². The molecular weight excluding hydrogens is 482 g/mol. The van der Waals surface area contributed by atoms with Crippen molar-refractivity contribution in [3.63, 3.8) is 0 Å². The molecular formula is C27H34ClN3O5. The van der Waals surface area contributed by atoms with E-state index in [-0.39, 0.29) is 0 Å². The predicted octanol–water partition coefficient (Wildman–Crippen LogP) is 4.23. The Kier molecular flexibility index (Phi) is 9.09. The summed E-state index contributed by atoms with van der Waals surface area (Å²) >= 11 is 6.11. The number of ether oxygens (including phenoxy) is 5. The maximum Gasteiger partial charge on any atom is 0.161 e. The molecule has 1 fully saturated rings. The molecule has 2 heterocycles. The SMILES string of the molecule is COc1ccc(CN2CCOC[C@@](COc3cccc(Cl)c3)(OC)C2)cc1OCCn1ccnc1C. The van der Waals surface area contributed by atoms with Gasteiger partial charge in [-0.3, -0.25) is 4.90 Å². The zero-order chi connectivity index (χ0) is 25.4. The topological polar surface area (TPSA) is 67.2 Å². The van der Waals surface area contributed by atoms with E-state index >= 15 is 0 Å². The molecule has 3 aromatic rings. The lowest BCUT2D eigenvalue weighted by Gasteiger charge is -2.34. The fraction of sp³-hybridized carbons (Fsp3) is 0.444. The maximum atomic E-state index is 6.11. The van der Waals surface area contributed by atoms with Crippen LogP contribution in [0, 0.1) is 6.92 Å². The van der Waals surface area contributed by atoms with Gasteiger partial charge in [-0.05, 0) is 42.8 Å². The smallest absolute Gasteiger partial charge is 0.161 e. The lowest BCUT2D eigenvalue weighted by molar-refractivity contribution is -0.0925. The average Bonchev–Trinajstić information content (AvgIpc) is 3.18. The van der Waals surface area contributed by atoms with Gasteiger partial charge in [0, 0.05) is 44.2 Å². The van der Waals surface area contributed by atoms with E-state index in [0.29, 0.717) is 62.6 Å². The van der Waals surface area contributed by atoms with Crippen molar-refractivity contribution in [2.75, 3.05) is 53.7 Å². The zero-order valence-corrected chi connectivity index (χ0v) is 21.9.